The van der Waals surface area contributed by atoms with Gasteiger partial charge in [-0.2, -0.15) is 0 Å². The Bertz CT molecular complexity index is 1220. The van der Waals surface area contributed by atoms with Gasteiger partial charge in [0.05, 0.1) is 19.8 Å². The Morgan fingerprint density at radius 1 is 0.950 bits per heavy atom. The van der Waals surface area contributed by atoms with E-state index in [4.69, 9.17) is 37.4 Å². The Balaban J connectivity index is 1.55. The van der Waals surface area contributed by atoms with Gasteiger partial charge in [0, 0.05) is 35.3 Å². The Labute approximate surface area is 242 Å². The van der Waals surface area contributed by atoms with Crippen molar-refractivity contribution in [3.8, 4) is 5.75 Å². The van der Waals surface area contributed by atoms with Crippen molar-refractivity contribution in [1.82, 2.24) is 4.90 Å². The summed E-state index contributed by atoms with van der Waals surface area (Å²) in [6, 6.07) is 17.3. The summed E-state index contributed by atoms with van der Waals surface area (Å²) in [5.41, 5.74) is 2.06. The fourth-order valence-corrected chi connectivity index (χ4v) is 4.31. The highest BCUT2D eigenvalue weighted by Crippen LogP contribution is 2.20. The number of benzene rings is 3. The standard InChI is InChI=1S/C29H31Cl2FN2O6/c1-2-39-27(28(35)36)17-20-3-9-26(10-4-20)40-14-12-34(29(37)33-25-7-5-24(32)6-8-25)11-13-38-19-21-15-22(30)18-23(31)16-21/h3-10,15-16,18,27H,2,11-14,17,19H2,1H3,(H,33,37)(H,35,36). The normalized spacial score (nSPS) is 11.6. The predicted octanol–water partition coefficient (Wildman–Crippen LogP) is 6.29. The average Bonchev–Trinajstić information content (AvgIpc) is 2.91. The molecule has 2 N–H and O–H groups in total. The number of nitrogens with zero attached hydrogens (tertiary/aromatic N) is 1. The van der Waals surface area contributed by atoms with Crippen molar-refractivity contribution in [1.29, 1.82) is 0 Å². The third-order valence-corrected chi connectivity index (χ3v) is 6.13. The van der Waals surface area contributed by atoms with Crippen LogP contribution in [0.15, 0.2) is 66.7 Å². The van der Waals surface area contributed by atoms with E-state index in [0.717, 1.165) is 11.1 Å². The molecule has 0 aromatic heterocycles. The summed E-state index contributed by atoms with van der Waals surface area (Å²) >= 11 is 12.1. The second-order valence-electron chi connectivity index (χ2n) is 8.73. The smallest absolute Gasteiger partial charge is 0.333 e. The highest BCUT2D eigenvalue weighted by Gasteiger charge is 2.18. The number of ether oxygens (including phenoxy) is 3. The number of anilines is 1. The molecule has 11 heteroatoms. The number of carboxylic acids is 1. The maximum Gasteiger partial charge on any atom is 0.333 e. The SMILES string of the molecule is CCOC(Cc1ccc(OCCN(CCOCc2cc(Cl)cc(Cl)c2)C(=O)Nc2ccc(F)cc2)cc1)C(=O)O. The van der Waals surface area contributed by atoms with Gasteiger partial charge < -0.3 is 29.5 Å². The van der Waals surface area contributed by atoms with E-state index in [2.05, 4.69) is 5.32 Å². The van der Waals surface area contributed by atoms with Crippen LogP contribution in [-0.4, -0.2) is 61.0 Å². The number of carbonyl (C=O) groups excluding carboxylic acids is 1. The molecule has 1 atom stereocenters. The molecule has 0 aliphatic rings. The van der Waals surface area contributed by atoms with Crippen LogP contribution in [0.2, 0.25) is 10.0 Å². The Kier molecular flexibility index (Phi) is 12.5. The predicted molar refractivity (Wildman–Crippen MR) is 152 cm³/mol. The van der Waals surface area contributed by atoms with Gasteiger partial charge in [-0.05, 0) is 72.6 Å². The number of hydrogen-bond donors (Lipinski definition) is 2. The summed E-state index contributed by atoms with van der Waals surface area (Å²) in [7, 11) is 0. The first-order valence-corrected chi connectivity index (χ1v) is 13.4. The molecular formula is C29H31Cl2FN2O6. The van der Waals surface area contributed by atoms with E-state index in [-0.39, 0.29) is 39.3 Å². The Morgan fingerprint density at radius 2 is 1.60 bits per heavy atom. The van der Waals surface area contributed by atoms with E-state index in [0.29, 0.717) is 28.1 Å². The average molecular weight is 593 g/mol. The van der Waals surface area contributed by atoms with Gasteiger partial charge in [-0.25, -0.2) is 14.0 Å². The van der Waals surface area contributed by atoms with Crippen LogP contribution in [0.3, 0.4) is 0 Å². The number of halogens is 3. The van der Waals surface area contributed by atoms with Crippen LogP contribution in [-0.2, 0) is 27.3 Å². The molecule has 0 aliphatic carbocycles. The van der Waals surface area contributed by atoms with E-state index >= 15 is 0 Å². The van der Waals surface area contributed by atoms with Crippen molar-refractivity contribution in [2.24, 2.45) is 0 Å². The molecule has 0 fully saturated rings. The van der Waals surface area contributed by atoms with Crippen LogP contribution < -0.4 is 10.1 Å². The second-order valence-corrected chi connectivity index (χ2v) is 9.61. The van der Waals surface area contributed by atoms with Crippen LogP contribution in [0, 0.1) is 5.82 Å². The summed E-state index contributed by atoms with van der Waals surface area (Å²) in [5.74, 6) is -0.846. The van der Waals surface area contributed by atoms with Gasteiger partial charge in [0.25, 0.3) is 0 Å². The summed E-state index contributed by atoms with van der Waals surface area (Å²) < 4.78 is 30.1. The highest BCUT2D eigenvalue weighted by molar-refractivity contribution is 6.34. The molecule has 2 amide bonds. The molecule has 0 spiro atoms. The quantitative estimate of drug-likeness (QED) is 0.201. The first kappa shape index (κ1) is 31.2. The van der Waals surface area contributed by atoms with Gasteiger partial charge in [-0.15, -0.1) is 0 Å². The number of aliphatic carboxylic acids is 1. The summed E-state index contributed by atoms with van der Waals surface area (Å²) in [6.07, 6.45) is -0.676. The number of carboxylic acid groups (broad SMARTS) is 1. The molecule has 3 aromatic carbocycles. The fourth-order valence-electron chi connectivity index (χ4n) is 3.74. The lowest BCUT2D eigenvalue weighted by atomic mass is 10.1. The van der Waals surface area contributed by atoms with Gasteiger partial charge in [-0.3, -0.25) is 0 Å². The van der Waals surface area contributed by atoms with Gasteiger partial charge in [0.1, 0.15) is 18.2 Å². The first-order chi connectivity index (χ1) is 19.2. The molecule has 40 heavy (non-hydrogen) atoms. The first-order valence-electron chi connectivity index (χ1n) is 12.6. The molecule has 3 aromatic rings. The third kappa shape index (κ3) is 10.7. The van der Waals surface area contributed by atoms with E-state index < -0.39 is 23.9 Å². The van der Waals surface area contributed by atoms with E-state index in [1.54, 1.807) is 49.4 Å². The minimum Gasteiger partial charge on any atom is -0.492 e. The zero-order chi connectivity index (χ0) is 28.9. The zero-order valence-corrected chi connectivity index (χ0v) is 23.5. The van der Waals surface area contributed by atoms with Crippen molar-refractivity contribution < 1.29 is 33.3 Å². The fraction of sp³-hybridized carbons (Fsp3) is 0.310. The Morgan fingerprint density at radius 3 is 2.23 bits per heavy atom. The molecule has 3 rings (SSSR count). The Hall–Kier alpha value is -3.37. The van der Waals surface area contributed by atoms with Gasteiger partial charge in [-0.1, -0.05) is 35.3 Å². The van der Waals surface area contributed by atoms with Crippen LogP contribution in [0.1, 0.15) is 18.1 Å². The molecule has 1 unspecified atom stereocenters. The molecule has 0 heterocycles. The third-order valence-electron chi connectivity index (χ3n) is 5.70. The lowest BCUT2D eigenvalue weighted by Crippen LogP contribution is -2.40. The topological polar surface area (TPSA) is 97.3 Å². The minimum absolute atomic E-state index is 0.191. The lowest BCUT2D eigenvalue weighted by Gasteiger charge is -2.23. The highest BCUT2D eigenvalue weighted by atomic mass is 35.5. The van der Waals surface area contributed by atoms with Crippen molar-refractivity contribution in [3.63, 3.8) is 0 Å². The minimum atomic E-state index is -1.01. The molecular weight excluding hydrogens is 562 g/mol. The van der Waals surface area contributed by atoms with Crippen molar-refractivity contribution in [2.45, 2.75) is 26.1 Å². The van der Waals surface area contributed by atoms with E-state index in [1.807, 2.05) is 0 Å². The monoisotopic (exact) mass is 592 g/mol. The zero-order valence-electron chi connectivity index (χ0n) is 21.9. The van der Waals surface area contributed by atoms with Crippen molar-refractivity contribution in [2.75, 3.05) is 38.2 Å². The van der Waals surface area contributed by atoms with Crippen LogP contribution in [0.5, 0.6) is 5.75 Å². The maximum absolute atomic E-state index is 13.3. The number of nitrogens with one attached hydrogen (secondary N) is 1. The molecule has 8 nitrogen and oxygen atoms in total. The number of carbonyl (C=O) groups is 2. The number of rotatable bonds is 15. The summed E-state index contributed by atoms with van der Waals surface area (Å²) in [4.78, 5) is 25.8. The molecule has 0 saturated carbocycles. The molecule has 214 valence electrons. The number of amides is 2. The molecule has 0 aliphatic heterocycles. The lowest BCUT2D eigenvalue weighted by molar-refractivity contribution is -0.149. The van der Waals surface area contributed by atoms with E-state index in [9.17, 15) is 19.1 Å². The van der Waals surface area contributed by atoms with Crippen LogP contribution in [0.25, 0.3) is 0 Å². The molecule has 0 radical (unpaired) electrons. The van der Waals surface area contributed by atoms with Gasteiger partial charge >= 0.3 is 12.0 Å². The van der Waals surface area contributed by atoms with E-state index in [1.165, 1.54) is 29.2 Å². The van der Waals surface area contributed by atoms with Crippen molar-refractivity contribution >= 4 is 40.9 Å². The summed E-state index contributed by atoms with van der Waals surface area (Å²) in [6.45, 7) is 3.25. The molecule has 0 bridgehead atoms. The second kappa shape index (κ2) is 16.0. The van der Waals surface area contributed by atoms with Crippen molar-refractivity contribution in [3.05, 3.63) is 93.7 Å². The largest absolute Gasteiger partial charge is 0.492 e. The number of hydrogen-bond acceptors (Lipinski definition) is 5. The summed E-state index contributed by atoms with van der Waals surface area (Å²) in [5, 5.41) is 13.0. The van der Waals surface area contributed by atoms with Gasteiger partial charge in [0.15, 0.2) is 6.10 Å². The number of urea groups is 1. The van der Waals surface area contributed by atoms with Gasteiger partial charge in [0.2, 0.25) is 0 Å². The van der Waals surface area contributed by atoms with Crippen LogP contribution >= 0.6 is 23.2 Å². The molecule has 0 saturated heterocycles. The maximum atomic E-state index is 13.3. The van der Waals surface area contributed by atoms with Crippen LogP contribution in [0.4, 0.5) is 14.9 Å².